The number of fused-ring (bicyclic) bond motifs is 1. The topological polar surface area (TPSA) is 112 Å². The van der Waals surface area contributed by atoms with E-state index in [1.807, 2.05) is 4.57 Å². The van der Waals surface area contributed by atoms with Crippen molar-refractivity contribution in [3.8, 4) is 0 Å². The maximum Gasteiger partial charge on any atom is 0.229 e. The zero-order valence-corrected chi connectivity index (χ0v) is 15.9. The highest BCUT2D eigenvalue weighted by atomic mass is 35.5. The summed E-state index contributed by atoms with van der Waals surface area (Å²) in [5.41, 5.74) is 7.04. The van der Waals surface area contributed by atoms with Gasteiger partial charge in [-0.15, -0.1) is 0 Å². The molecule has 11 heteroatoms. The first-order valence-electron chi connectivity index (χ1n) is 8.09. The molecule has 1 fully saturated rings. The number of carbonyl (C=O) groups is 1. The van der Waals surface area contributed by atoms with E-state index in [0.717, 1.165) is 25.7 Å². The molecule has 3 aromatic heterocycles. The highest BCUT2D eigenvalue weighted by Crippen LogP contribution is 2.35. The number of imidazole rings is 1. The molecule has 1 aliphatic carbocycles. The Morgan fingerprint density at radius 1 is 1.23 bits per heavy atom. The summed E-state index contributed by atoms with van der Waals surface area (Å²) in [5.74, 6) is 0.209. The van der Waals surface area contributed by atoms with E-state index in [4.69, 9.17) is 28.9 Å². The molecule has 3 aromatic rings. The lowest BCUT2D eigenvalue weighted by Gasteiger charge is -2.28. The Kier molecular flexibility index (Phi) is 4.68. The van der Waals surface area contributed by atoms with Gasteiger partial charge in [0.05, 0.1) is 12.5 Å². The molecule has 8 nitrogen and oxygen atoms in total. The van der Waals surface area contributed by atoms with E-state index in [1.165, 1.54) is 17.5 Å². The summed E-state index contributed by atoms with van der Waals surface area (Å²) in [4.78, 5) is 29.0. The van der Waals surface area contributed by atoms with Crippen LogP contribution >= 0.6 is 34.5 Å². The first-order chi connectivity index (χ1) is 12.5. The number of carbonyl (C=O) groups excluding carboxylic acids is 1. The summed E-state index contributed by atoms with van der Waals surface area (Å²) in [5, 5.41) is 3.47. The van der Waals surface area contributed by atoms with E-state index < -0.39 is 0 Å². The predicted molar refractivity (Wildman–Crippen MR) is 101 cm³/mol. The molecule has 3 heterocycles. The number of nitrogen functional groups attached to an aromatic ring is 1. The number of amides is 1. The van der Waals surface area contributed by atoms with Crippen molar-refractivity contribution in [2.45, 2.75) is 31.7 Å². The highest BCUT2D eigenvalue weighted by Gasteiger charge is 2.29. The van der Waals surface area contributed by atoms with E-state index in [0.29, 0.717) is 20.6 Å². The number of thiazole rings is 1. The summed E-state index contributed by atoms with van der Waals surface area (Å²) < 4.78 is 2.53. The monoisotopic (exact) mass is 411 g/mol. The number of rotatable bonds is 3. The van der Waals surface area contributed by atoms with Crippen LogP contribution in [-0.2, 0) is 4.79 Å². The van der Waals surface area contributed by atoms with Gasteiger partial charge in [0, 0.05) is 12.0 Å². The molecule has 3 N–H and O–H groups in total. The van der Waals surface area contributed by atoms with Gasteiger partial charge in [-0.1, -0.05) is 22.9 Å². The number of hydrogen-bond donors (Lipinski definition) is 2. The lowest BCUT2D eigenvalue weighted by molar-refractivity contribution is -0.120. The molecule has 4 rings (SSSR count). The van der Waals surface area contributed by atoms with Crippen LogP contribution < -0.4 is 11.1 Å². The number of aromatic nitrogens is 5. The second-order valence-electron chi connectivity index (χ2n) is 6.17. The first kappa shape index (κ1) is 17.4. The Hall–Kier alpha value is -1.97. The summed E-state index contributed by atoms with van der Waals surface area (Å²) in [7, 11) is 0. The van der Waals surface area contributed by atoms with E-state index >= 15 is 0 Å². The Balaban J connectivity index is 1.44. The van der Waals surface area contributed by atoms with E-state index in [9.17, 15) is 4.79 Å². The number of hydrogen-bond acceptors (Lipinski definition) is 7. The molecular formula is C15H15Cl2N7OS. The van der Waals surface area contributed by atoms with Gasteiger partial charge in [-0.3, -0.25) is 4.79 Å². The minimum atomic E-state index is -0.0491. The van der Waals surface area contributed by atoms with E-state index in [-0.39, 0.29) is 29.0 Å². The van der Waals surface area contributed by atoms with Gasteiger partial charge >= 0.3 is 0 Å². The Morgan fingerprint density at radius 2 is 2.00 bits per heavy atom. The number of anilines is 2. The van der Waals surface area contributed by atoms with Crippen LogP contribution in [0.2, 0.25) is 9.62 Å². The van der Waals surface area contributed by atoms with E-state index in [1.54, 1.807) is 6.33 Å². The maximum atomic E-state index is 12.4. The molecule has 0 radical (unpaired) electrons. The summed E-state index contributed by atoms with van der Waals surface area (Å²) in [6, 6.07) is 0.198. The first-order valence-corrected chi connectivity index (χ1v) is 9.66. The number of halogens is 2. The summed E-state index contributed by atoms with van der Waals surface area (Å²) in [6.07, 6.45) is 6.46. The van der Waals surface area contributed by atoms with Gasteiger partial charge in [0.2, 0.25) is 11.2 Å². The molecule has 0 unspecified atom stereocenters. The van der Waals surface area contributed by atoms with Gasteiger partial charge in [-0.05, 0) is 37.3 Å². The average molecular weight is 412 g/mol. The summed E-state index contributed by atoms with van der Waals surface area (Å²) >= 11 is 13.0. The smallest absolute Gasteiger partial charge is 0.229 e. The summed E-state index contributed by atoms with van der Waals surface area (Å²) in [6.45, 7) is 0. The fraction of sp³-hybridized carbons (Fsp3) is 0.400. The van der Waals surface area contributed by atoms with Gasteiger partial charge in [0.25, 0.3) is 0 Å². The molecule has 1 saturated carbocycles. The third kappa shape index (κ3) is 3.34. The second-order valence-corrected chi connectivity index (χ2v) is 8.17. The quantitative estimate of drug-likeness (QED) is 0.637. The van der Waals surface area contributed by atoms with Crippen LogP contribution in [0.15, 0.2) is 12.5 Å². The van der Waals surface area contributed by atoms with Crippen LogP contribution in [-0.4, -0.2) is 30.4 Å². The van der Waals surface area contributed by atoms with Crippen molar-refractivity contribution in [3.63, 3.8) is 0 Å². The number of nitrogens with zero attached hydrogens (tertiary/aromatic N) is 5. The number of nitrogens with one attached hydrogen (secondary N) is 1. The molecule has 1 aliphatic rings. The molecule has 0 bridgehead atoms. The van der Waals surface area contributed by atoms with Gasteiger partial charge < -0.3 is 15.6 Å². The lowest BCUT2D eigenvalue weighted by Crippen LogP contribution is -2.28. The largest absolute Gasteiger partial charge is 0.382 e. The van der Waals surface area contributed by atoms with Crippen molar-refractivity contribution in [3.05, 3.63) is 22.1 Å². The van der Waals surface area contributed by atoms with Crippen molar-refractivity contribution in [1.29, 1.82) is 0 Å². The standard InChI is InChI=1S/C15H15Cl2N7OS/c16-9-5-19-15(26-9)23-13(25)7-1-3-8(4-2-7)24-6-20-10-11(18)21-14(17)22-12(10)24/h5-8H,1-4H2,(H2,18,21,22)(H,19,23,25)/t7-,8+. The molecule has 136 valence electrons. The minimum Gasteiger partial charge on any atom is -0.382 e. The zero-order chi connectivity index (χ0) is 18.3. The van der Waals surface area contributed by atoms with Gasteiger partial charge in [0.1, 0.15) is 9.85 Å². The van der Waals surface area contributed by atoms with Crippen molar-refractivity contribution in [2.75, 3.05) is 11.1 Å². The fourth-order valence-electron chi connectivity index (χ4n) is 3.31. The lowest BCUT2D eigenvalue weighted by atomic mass is 9.85. The molecule has 0 spiro atoms. The zero-order valence-electron chi connectivity index (χ0n) is 13.5. The van der Waals surface area contributed by atoms with Crippen molar-refractivity contribution < 1.29 is 4.79 Å². The van der Waals surface area contributed by atoms with Crippen LogP contribution in [0.25, 0.3) is 11.2 Å². The second kappa shape index (κ2) is 6.98. The van der Waals surface area contributed by atoms with Crippen molar-refractivity contribution in [1.82, 2.24) is 24.5 Å². The molecule has 1 amide bonds. The van der Waals surface area contributed by atoms with Crippen LogP contribution in [0.1, 0.15) is 31.7 Å². The fourth-order valence-corrected chi connectivity index (χ4v) is 4.30. The van der Waals surface area contributed by atoms with Crippen molar-refractivity contribution in [2.24, 2.45) is 5.92 Å². The predicted octanol–water partition coefficient (Wildman–Crippen LogP) is 3.54. The molecule has 0 atom stereocenters. The minimum absolute atomic E-state index is 0.0143. The number of nitrogens with two attached hydrogens (primary N) is 1. The molecule has 0 aromatic carbocycles. The van der Waals surface area contributed by atoms with Gasteiger partial charge in [0.15, 0.2) is 16.6 Å². The van der Waals surface area contributed by atoms with Gasteiger partial charge in [-0.2, -0.15) is 9.97 Å². The van der Waals surface area contributed by atoms with Crippen LogP contribution in [0.3, 0.4) is 0 Å². The van der Waals surface area contributed by atoms with E-state index in [2.05, 4.69) is 25.3 Å². The normalized spacial score (nSPS) is 20.4. The van der Waals surface area contributed by atoms with Gasteiger partial charge in [-0.25, -0.2) is 9.97 Å². The SMILES string of the molecule is Nc1nc(Cl)nc2c1ncn2[C@H]1CC[C@@H](C(=O)Nc2ncc(Cl)s2)CC1. The van der Waals surface area contributed by atoms with Crippen LogP contribution in [0, 0.1) is 5.92 Å². The maximum absolute atomic E-state index is 12.4. The Labute approximate surface area is 162 Å². The Morgan fingerprint density at radius 3 is 2.69 bits per heavy atom. The van der Waals surface area contributed by atoms with Crippen LogP contribution in [0.5, 0.6) is 0 Å². The highest BCUT2D eigenvalue weighted by molar-refractivity contribution is 7.19. The molecule has 0 aliphatic heterocycles. The molecule has 0 saturated heterocycles. The Bertz CT molecular complexity index is 964. The third-order valence-electron chi connectivity index (χ3n) is 4.59. The van der Waals surface area contributed by atoms with Crippen molar-refractivity contribution >= 4 is 62.6 Å². The molecular weight excluding hydrogens is 397 g/mol. The van der Waals surface area contributed by atoms with Crippen LogP contribution in [0.4, 0.5) is 10.9 Å². The third-order valence-corrected chi connectivity index (χ3v) is 5.79. The average Bonchev–Trinajstić information content (AvgIpc) is 3.21. The molecule has 26 heavy (non-hydrogen) atoms.